The van der Waals surface area contributed by atoms with Gasteiger partial charge in [-0.2, -0.15) is 0 Å². The second kappa shape index (κ2) is 8.21. The first-order chi connectivity index (χ1) is 11.0. The highest BCUT2D eigenvalue weighted by Crippen LogP contribution is 2.23. The minimum absolute atomic E-state index is 0.251. The van der Waals surface area contributed by atoms with E-state index in [2.05, 4.69) is 15.9 Å². The molecule has 4 nitrogen and oxygen atoms in total. The smallest absolute Gasteiger partial charge is 0.265 e. The van der Waals surface area contributed by atoms with E-state index in [-0.39, 0.29) is 4.47 Å². The first kappa shape index (κ1) is 17.6. The third kappa shape index (κ3) is 4.62. The summed E-state index contributed by atoms with van der Waals surface area (Å²) < 4.78 is 37.2. The number of alkyl halides is 2. The molecule has 23 heavy (non-hydrogen) atoms. The normalized spacial score (nSPS) is 11.0. The number of nitrogens with zero attached hydrogens (tertiary/aromatic N) is 1. The number of methoxy groups -OCH3 is 1. The van der Waals surface area contributed by atoms with Crippen molar-refractivity contribution in [2.75, 3.05) is 20.3 Å². The van der Waals surface area contributed by atoms with Gasteiger partial charge in [0.1, 0.15) is 12.4 Å². The van der Waals surface area contributed by atoms with Crippen LogP contribution in [0.15, 0.2) is 45.7 Å². The van der Waals surface area contributed by atoms with Gasteiger partial charge in [0.25, 0.3) is 12.0 Å². The second-order valence-electron chi connectivity index (χ2n) is 4.74. The van der Waals surface area contributed by atoms with Crippen LogP contribution >= 0.6 is 15.9 Å². The lowest BCUT2D eigenvalue weighted by Crippen LogP contribution is -2.25. The molecule has 1 aromatic heterocycles. The predicted molar refractivity (Wildman–Crippen MR) is 87.2 cm³/mol. The largest absolute Gasteiger partial charge is 0.491 e. The Morgan fingerprint density at radius 3 is 2.43 bits per heavy atom. The van der Waals surface area contributed by atoms with Gasteiger partial charge in [0.05, 0.1) is 23.3 Å². The van der Waals surface area contributed by atoms with Crippen molar-refractivity contribution in [1.82, 2.24) is 4.57 Å². The highest BCUT2D eigenvalue weighted by atomic mass is 79.9. The highest BCUT2D eigenvalue weighted by Gasteiger charge is 2.13. The van der Waals surface area contributed by atoms with Crippen LogP contribution < -0.4 is 10.3 Å². The van der Waals surface area contributed by atoms with Crippen molar-refractivity contribution >= 4 is 15.9 Å². The van der Waals surface area contributed by atoms with Crippen molar-refractivity contribution in [3.8, 4) is 17.0 Å². The van der Waals surface area contributed by atoms with Crippen molar-refractivity contribution in [2.24, 2.45) is 0 Å². The molecule has 124 valence electrons. The van der Waals surface area contributed by atoms with Crippen LogP contribution in [0, 0.1) is 0 Å². The molecular formula is C16H16BrF2NO3. The van der Waals surface area contributed by atoms with E-state index in [0.29, 0.717) is 30.2 Å². The molecule has 0 bridgehead atoms. The van der Waals surface area contributed by atoms with Crippen molar-refractivity contribution < 1.29 is 18.3 Å². The van der Waals surface area contributed by atoms with Crippen LogP contribution in [0.25, 0.3) is 11.3 Å². The zero-order valence-electron chi connectivity index (χ0n) is 12.5. The maximum Gasteiger partial charge on any atom is 0.265 e. The van der Waals surface area contributed by atoms with Crippen LogP contribution in [0.1, 0.15) is 0 Å². The van der Waals surface area contributed by atoms with Gasteiger partial charge >= 0.3 is 0 Å². The molecule has 0 aliphatic heterocycles. The first-order valence-corrected chi connectivity index (χ1v) is 7.72. The van der Waals surface area contributed by atoms with Gasteiger partial charge in [-0.1, -0.05) is 0 Å². The van der Waals surface area contributed by atoms with Crippen molar-refractivity contribution in [3.63, 3.8) is 0 Å². The summed E-state index contributed by atoms with van der Waals surface area (Å²) in [6, 6.07) is 10.1. The first-order valence-electron chi connectivity index (χ1n) is 6.92. The number of pyridine rings is 1. The maximum absolute atomic E-state index is 12.8. The molecule has 2 rings (SSSR count). The molecule has 7 heteroatoms. The maximum atomic E-state index is 12.8. The lowest BCUT2D eigenvalue weighted by atomic mass is 10.1. The fourth-order valence-electron chi connectivity index (χ4n) is 2.09. The van der Waals surface area contributed by atoms with Crippen molar-refractivity contribution in [2.45, 2.75) is 13.0 Å². The molecular weight excluding hydrogens is 372 g/mol. The van der Waals surface area contributed by atoms with Crippen LogP contribution in [0.5, 0.6) is 5.75 Å². The van der Waals surface area contributed by atoms with Crippen LogP contribution in [0.2, 0.25) is 0 Å². The summed E-state index contributed by atoms with van der Waals surface area (Å²) in [4.78, 5) is 12.1. The van der Waals surface area contributed by atoms with E-state index in [1.165, 1.54) is 0 Å². The van der Waals surface area contributed by atoms with Crippen LogP contribution in [-0.4, -0.2) is 31.3 Å². The lowest BCUT2D eigenvalue weighted by Gasteiger charge is -2.14. The molecule has 0 N–H and O–H groups in total. The zero-order chi connectivity index (χ0) is 16.8. The molecule has 0 radical (unpaired) electrons. The SMILES string of the molecule is COCCOc1ccc(-c2ccc(Br)c(=O)n2CC(F)F)cc1. The summed E-state index contributed by atoms with van der Waals surface area (Å²) in [5, 5.41) is 0. The summed E-state index contributed by atoms with van der Waals surface area (Å²) in [7, 11) is 1.59. The van der Waals surface area contributed by atoms with Gasteiger partial charge < -0.3 is 14.0 Å². The Kier molecular flexibility index (Phi) is 6.29. The number of rotatable bonds is 7. The summed E-state index contributed by atoms with van der Waals surface area (Å²) in [5.74, 6) is 0.644. The van der Waals surface area contributed by atoms with Gasteiger partial charge in [-0.25, -0.2) is 8.78 Å². The number of hydrogen-bond donors (Lipinski definition) is 0. The Hall–Kier alpha value is -1.73. The van der Waals surface area contributed by atoms with E-state index in [4.69, 9.17) is 9.47 Å². The summed E-state index contributed by atoms with van der Waals surface area (Å²) in [6.45, 7) is 0.242. The van der Waals surface area contributed by atoms with Gasteiger partial charge in [0.2, 0.25) is 0 Å². The van der Waals surface area contributed by atoms with Crippen LogP contribution in [0.3, 0.4) is 0 Å². The average molecular weight is 388 g/mol. The molecule has 0 spiro atoms. The van der Waals surface area contributed by atoms with E-state index in [1.807, 2.05) is 0 Å². The van der Waals surface area contributed by atoms with E-state index in [1.54, 1.807) is 43.5 Å². The minimum atomic E-state index is -2.61. The van der Waals surface area contributed by atoms with E-state index < -0.39 is 18.5 Å². The molecule has 0 saturated heterocycles. The molecule has 0 fully saturated rings. The second-order valence-corrected chi connectivity index (χ2v) is 5.59. The molecule has 0 amide bonds. The fourth-order valence-corrected chi connectivity index (χ4v) is 2.43. The van der Waals surface area contributed by atoms with E-state index >= 15 is 0 Å². The number of ether oxygens (including phenoxy) is 2. The molecule has 0 saturated carbocycles. The summed E-state index contributed by atoms with van der Waals surface area (Å²) >= 11 is 3.08. The fraction of sp³-hybridized carbons (Fsp3) is 0.312. The van der Waals surface area contributed by atoms with Gasteiger partial charge in [-0.15, -0.1) is 0 Å². The molecule has 1 aromatic carbocycles. The molecule has 0 aliphatic carbocycles. The number of aromatic nitrogens is 1. The Labute approximate surface area is 140 Å². The topological polar surface area (TPSA) is 40.5 Å². The quantitative estimate of drug-likeness (QED) is 0.681. The predicted octanol–water partition coefficient (Wildman–Crippen LogP) is 3.57. The Morgan fingerprint density at radius 1 is 1.13 bits per heavy atom. The zero-order valence-corrected chi connectivity index (χ0v) is 14.1. The Morgan fingerprint density at radius 2 is 1.83 bits per heavy atom. The molecule has 1 heterocycles. The lowest BCUT2D eigenvalue weighted by molar-refractivity contribution is 0.126. The van der Waals surface area contributed by atoms with Crippen molar-refractivity contribution in [3.05, 3.63) is 51.2 Å². The van der Waals surface area contributed by atoms with Crippen molar-refractivity contribution in [1.29, 1.82) is 0 Å². The average Bonchev–Trinajstić information content (AvgIpc) is 2.53. The number of benzene rings is 1. The third-order valence-electron chi connectivity index (χ3n) is 3.15. The molecule has 2 aromatic rings. The highest BCUT2D eigenvalue weighted by molar-refractivity contribution is 9.10. The van der Waals surface area contributed by atoms with Gasteiger partial charge in [-0.3, -0.25) is 4.79 Å². The van der Waals surface area contributed by atoms with E-state index in [0.717, 1.165) is 4.57 Å². The number of halogens is 3. The summed E-state index contributed by atoms with van der Waals surface area (Å²) in [5.41, 5.74) is 0.611. The number of hydrogen-bond acceptors (Lipinski definition) is 3. The Balaban J connectivity index is 2.31. The van der Waals surface area contributed by atoms with E-state index in [9.17, 15) is 13.6 Å². The monoisotopic (exact) mass is 387 g/mol. The minimum Gasteiger partial charge on any atom is -0.491 e. The van der Waals surface area contributed by atoms with Gasteiger partial charge in [0, 0.05) is 7.11 Å². The van der Waals surface area contributed by atoms with Gasteiger partial charge in [0.15, 0.2) is 0 Å². The summed E-state index contributed by atoms with van der Waals surface area (Å²) in [6.07, 6.45) is -2.61. The Bertz CT molecular complexity index is 701. The molecule has 0 atom stereocenters. The standard InChI is InChI=1S/C16H16BrF2NO3/c1-22-8-9-23-12-4-2-11(3-5-12)14-7-6-13(17)16(21)20(14)10-15(18)19/h2-7,15H,8-10H2,1H3. The van der Waals surface area contributed by atoms with Gasteiger partial charge in [-0.05, 0) is 57.9 Å². The van der Waals surface area contributed by atoms with Crippen LogP contribution in [0.4, 0.5) is 8.78 Å². The van der Waals surface area contributed by atoms with Crippen LogP contribution in [-0.2, 0) is 11.3 Å². The molecule has 0 aliphatic rings. The molecule has 0 unspecified atom stereocenters. The third-order valence-corrected chi connectivity index (χ3v) is 3.76.